The van der Waals surface area contributed by atoms with E-state index in [0.717, 1.165) is 15.5 Å². The van der Waals surface area contributed by atoms with E-state index in [4.69, 9.17) is 27.9 Å². The number of aliphatic carboxylic acids is 1. The maximum atomic E-state index is 13.9. The lowest BCUT2D eigenvalue weighted by molar-refractivity contribution is -0.140. The van der Waals surface area contributed by atoms with Crippen LogP contribution < -0.4 is 19.8 Å². The second-order valence-electron chi connectivity index (χ2n) is 10.5. The van der Waals surface area contributed by atoms with Crippen LogP contribution in [-0.4, -0.2) is 87.0 Å². The summed E-state index contributed by atoms with van der Waals surface area (Å²) in [5.41, 5.74) is -0.00949. The largest absolute Gasteiger partial charge is 0.481 e. The van der Waals surface area contributed by atoms with E-state index < -0.39 is 83.7 Å². The Hall–Kier alpha value is -4.99. The molecule has 0 unspecified atom stereocenters. The Balaban J connectivity index is 1.58. The highest BCUT2D eigenvalue weighted by atomic mass is 35.5. The van der Waals surface area contributed by atoms with Gasteiger partial charge in [0.1, 0.15) is 18.6 Å². The lowest BCUT2D eigenvalue weighted by atomic mass is 10.1. The molecule has 17 heteroatoms. The second-order valence-corrected chi connectivity index (χ2v) is 13.2. The van der Waals surface area contributed by atoms with Crippen LogP contribution in [0.2, 0.25) is 10.0 Å². The summed E-state index contributed by atoms with van der Waals surface area (Å²) in [6.45, 7) is -2.28. The van der Waals surface area contributed by atoms with Gasteiger partial charge in [-0.15, -0.1) is 0 Å². The number of carbonyl (C=O) groups excluding carboxylic acids is 5. The van der Waals surface area contributed by atoms with Crippen LogP contribution in [0.3, 0.4) is 0 Å². The van der Waals surface area contributed by atoms with Crippen molar-refractivity contribution in [1.29, 1.82) is 0 Å². The summed E-state index contributed by atoms with van der Waals surface area (Å²) in [5, 5.41) is 14.1. The first-order chi connectivity index (χ1) is 22.7. The van der Waals surface area contributed by atoms with Gasteiger partial charge >= 0.3 is 11.9 Å². The van der Waals surface area contributed by atoms with E-state index in [1.54, 1.807) is 18.2 Å². The van der Waals surface area contributed by atoms with Crippen LogP contribution in [0.5, 0.6) is 0 Å². The second kappa shape index (κ2) is 15.3. The molecule has 0 saturated heterocycles. The lowest BCUT2D eigenvalue weighted by Gasteiger charge is -2.26. The normalized spacial score (nSPS) is 15.1. The first kappa shape index (κ1) is 35.9. The number of nitrogens with zero attached hydrogens (tertiary/aromatic N) is 2. The molecule has 3 N–H and O–H groups in total. The van der Waals surface area contributed by atoms with Gasteiger partial charge in [-0.25, -0.2) is 13.2 Å². The molecule has 0 aliphatic carbocycles. The molecule has 1 heterocycles. The number of nitrogens with one attached hydrogen (secondary N) is 2. The van der Waals surface area contributed by atoms with Crippen molar-refractivity contribution in [3.05, 3.63) is 94.0 Å². The Kier molecular flexibility index (Phi) is 11.4. The SMILES string of the molecule is CS(=O)(=O)N1C[C@H](NC(=O)c2ccccc2)C(=O)N(CC(=O)N[C@@H](CC(=O)O)C(=O)COC(=O)c2c(Cl)cccc2Cl)c2ccccc21. The van der Waals surface area contributed by atoms with Gasteiger partial charge in [-0.1, -0.05) is 59.6 Å². The zero-order chi connectivity index (χ0) is 35.2. The van der Waals surface area contributed by atoms with Crippen molar-refractivity contribution in [2.75, 3.05) is 35.2 Å². The third-order valence-corrected chi connectivity index (χ3v) is 8.79. The lowest BCUT2D eigenvalue weighted by Crippen LogP contribution is -2.55. The Morgan fingerprint density at radius 3 is 2.15 bits per heavy atom. The number of ether oxygens (including phenoxy) is 1. The predicted molar refractivity (Wildman–Crippen MR) is 175 cm³/mol. The third kappa shape index (κ3) is 8.67. The number of hydrogen-bond acceptors (Lipinski definition) is 9. The van der Waals surface area contributed by atoms with Crippen LogP contribution >= 0.6 is 23.2 Å². The minimum atomic E-state index is -4.02. The molecule has 3 amide bonds. The number of para-hydroxylation sites is 2. The third-order valence-electron chi connectivity index (χ3n) is 7.01. The number of carboxylic acid groups (broad SMARTS) is 1. The van der Waals surface area contributed by atoms with Gasteiger partial charge in [0.2, 0.25) is 15.9 Å². The highest BCUT2D eigenvalue weighted by Crippen LogP contribution is 2.34. The van der Waals surface area contributed by atoms with Crippen molar-refractivity contribution in [3.8, 4) is 0 Å². The Labute approximate surface area is 284 Å². The molecule has 0 saturated carbocycles. The van der Waals surface area contributed by atoms with Gasteiger partial charge in [0.05, 0.1) is 46.2 Å². The highest BCUT2D eigenvalue weighted by molar-refractivity contribution is 7.92. The van der Waals surface area contributed by atoms with Gasteiger partial charge in [-0.3, -0.25) is 33.2 Å². The number of sulfonamides is 1. The van der Waals surface area contributed by atoms with E-state index in [9.17, 15) is 42.3 Å². The number of halogens is 2. The van der Waals surface area contributed by atoms with E-state index >= 15 is 0 Å². The summed E-state index contributed by atoms with van der Waals surface area (Å²) in [4.78, 5) is 78.3. The first-order valence-corrected chi connectivity index (χ1v) is 16.7. The fourth-order valence-electron chi connectivity index (χ4n) is 4.77. The van der Waals surface area contributed by atoms with Crippen molar-refractivity contribution in [2.24, 2.45) is 0 Å². The molecule has 48 heavy (non-hydrogen) atoms. The minimum absolute atomic E-state index is 0.00815. The average Bonchev–Trinajstić information content (AvgIpc) is 3.14. The molecular weight excluding hydrogens is 691 g/mol. The zero-order valence-electron chi connectivity index (χ0n) is 25.1. The van der Waals surface area contributed by atoms with Gasteiger partial charge in [-0.2, -0.15) is 0 Å². The van der Waals surface area contributed by atoms with Crippen LogP contribution in [0.1, 0.15) is 27.1 Å². The van der Waals surface area contributed by atoms with Crippen LogP contribution in [0.15, 0.2) is 72.8 Å². The maximum absolute atomic E-state index is 13.9. The van der Waals surface area contributed by atoms with Gasteiger partial charge in [0, 0.05) is 5.56 Å². The average molecular weight is 720 g/mol. The molecule has 0 spiro atoms. The van der Waals surface area contributed by atoms with E-state index in [-0.39, 0.29) is 32.5 Å². The number of Topliss-reactive ketones (excluding diaryl/α,β-unsaturated/α-hetero) is 1. The fraction of sp³-hybridized carbons (Fsp3) is 0.226. The molecule has 0 bridgehead atoms. The number of hydrogen-bond donors (Lipinski definition) is 3. The highest BCUT2D eigenvalue weighted by Gasteiger charge is 2.39. The molecule has 0 aromatic heterocycles. The molecule has 0 radical (unpaired) electrons. The summed E-state index contributed by atoms with van der Waals surface area (Å²) < 4.78 is 31.6. The molecule has 0 fully saturated rings. The van der Waals surface area contributed by atoms with Crippen molar-refractivity contribution < 1.29 is 47.0 Å². The number of fused-ring (bicyclic) bond motifs is 1. The number of benzene rings is 3. The van der Waals surface area contributed by atoms with Gasteiger partial charge in [0.15, 0.2) is 12.4 Å². The van der Waals surface area contributed by atoms with Crippen molar-refractivity contribution in [1.82, 2.24) is 10.6 Å². The fourth-order valence-corrected chi connectivity index (χ4v) is 6.26. The maximum Gasteiger partial charge on any atom is 0.341 e. The summed E-state index contributed by atoms with van der Waals surface area (Å²) in [5.74, 6) is -6.10. The number of carbonyl (C=O) groups is 6. The Morgan fingerprint density at radius 1 is 0.938 bits per heavy atom. The molecule has 3 aromatic carbocycles. The van der Waals surface area contributed by atoms with E-state index in [0.29, 0.717) is 0 Å². The monoisotopic (exact) mass is 718 g/mol. The summed E-state index contributed by atoms with van der Waals surface area (Å²) in [6.07, 6.45) is 0.0123. The minimum Gasteiger partial charge on any atom is -0.481 e. The number of esters is 1. The predicted octanol–water partition coefficient (Wildman–Crippen LogP) is 2.29. The van der Waals surface area contributed by atoms with Gasteiger partial charge < -0.3 is 20.5 Å². The molecule has 1 aliphatic rings. The van der Waals surface area contributed by atoms with Gasteiger partial charge in [0.25, 0.3) is 11.8 Å². The summed E-state index contributed by atoms with van der Waals surface area (Å²) in [6, 6.07) is 14.7. The summed E-state index contributed by atoms with van der Waals surface area (Å²) >= 11 is 12.0. The van der Waals surface area contributed by atoms with Gasteiger partial charge in [-0.05, 0) is 36.4 Å². The van der Waals surface area contributed by atoms with E-state index in [1.807, 2.05) is 0 Å². The van der Waals surface area contributed by atoms with Crippen LogP contribution in [0.4, 0.5) is 11.4 Å². The number of ketones is 1. The smallest absolute Gasteiger partial charge is 0.341 e. The quantitative estimate of drug-likeness (QED) is 0.234. The van der Waals surface area contributed by atoms with E-state index in [2.05, 4.69) is 10.6 Å². The van der Waals surface area contributed by atoms with Crippen LogP contribution in [0, 0.1) is 0 Å². The number of amides is 3. The topological polar surface area (TPSA) is 197 Å². The molecular formula is C31H28Cl2N4O10S. The number of rotatable bonds is 12. The summed E-state index contributed by atoms with van der Waals surface area (Å²) in [7, 11) is -4.02. The van der Waals surface area contributed by atoms with Crippen molar-refractivity contribution in [3.63, 3.8) is 0 Å². The Bertz CT molecular complexity index is 1850. The molecule has 14 nitrogen and oxygen atoms in total. The molecule has 1 aliphatic heterocycles. The molecule has 4 rings (SSSR count). The molecule has 252 valence electrons. The standard InChI is InChI=1S/C31H28Cl2N4O10S/c1-48(45,46)37-15-22(35-29(42)18-8-3-2-4-9-18)30(43)36(23-12-5-6-13-24(23)37)16-26(39)34-21(14-27(40)41)25(38)17-47-31(44)28-19(32)10-7-11-20(28)33/h2-13,21-22H,14-17H2,1H3,(H,34,39)(H,35,42)(H,40,41)/t21-,22-/m0/s1. The molecule has 3 aromatic rings. The Morgan fingerprint density at radius 2 is 1.54 bits per heavy atom. The van der Waals surface area contributed by atoms with Crippen LogP contribution in [-0.2, 0) is 33.9 Å². The number of anilines is 2. The molecule has 2 atom stereocenters. The number of carboxylic acids is 1. The van der Waals surface area contributed by atoms with Crippen molar-refractivity contribution in [2.45, 2.75) is 18.5 Å². The zero-order valence-corrected chi connectivity index (χ0v) is 27.4. The van der Waals surface area contributed by atoms with Crippen LogP contribution in [0.25, 0.3) is 0 Å². The van der Waals surface area contributed by atoms with Crippen molar-refractivity contribution >= 4 is 80.0 Å². The first-order valence-electron chi connectivity index (χ1n) is 14.1. The van der Waals surface area contributed by atoms with E-state index in [1.165, 1.54) is 54.6 Å².